The Kier molecular flexibility index (Phi) is 5.02. The Bertz CT molecular complexity index is 3270. The van der Waals surface area contributed by atoms with Gasteiger partial charge in [0.25, 0.3) is 0 Å². The normalized spacial score (nSPS) is 13.8. The minimum atomic E-state index is -0.201. The predicted octanol–water partition coefficient (Wildman–Crippen LogP) is 11.9. The Morgan fingerprint density at radius 3 is 2.08 bits per heavy atom. The van der Waals surface area contributed by atoms with Crippen molar-refractivity contribution in [3.05, 3.63) is 157 Å². The number of fused-ring (bicyclic) bond motifs is 10. The first-order chi connectivity index (χ1) is 25.1. The van der Waals surface area contributed by atoms with Gasteiger partial charge in [0.2, 0.25) is 5.95 Å². The molecular formula is C47H30N4. The third-order valence-electron chi connectivity index (χ3n) is 11.6. The molecule has 0 radical (unpaired) electrons. The summed E-state index contributed by atoms with van der Waals surface area (Å²) in [6.45, 7) is 4.76. The molecule has 4 heteroatoms. The van der Waals surface area contributed by atoms with Gasteiger partial charge in [0, 0.05) is 48.7 Å². The number of para-hydroxylation sites is 3. The summed E-state index contributed by atoms with van der Waals surface area (Å²) in [5, 5.41) is 8.63. The molecule has 0 amide bonds. The number of aromatic nitrogens is 4. The summed E-state index contributed by atoms with van der Waals surface area (Å²) < 4.78 is 4.86. The number of benzene rings is 7. The van der Waals surface area contributed by atoms with Gasteiger partial charge in [0.05, 0.1) is 38.8 Å². The van der Waals surface area contributed by atoms with Crippen LogP contribution in [0.4, 0.5) is 0 Å². The number of nitrogens with zero attached hydrogens (tertiary/aromatic N) is 4. The number of hydrogen-bond acceptors (Lipinski definition) is 2. The van der Waals surface area contributed by atoms with E-state index in [0.29, 0.717) is 5.95 Å². The van der Waals surface area contributed by atoms with E-state index in [1.54, 1.807) is 0 Å². The second kappa shape index (κ2) is 9.38. The van der Waals surface area contributed by atoms with Crippen molar-refractivity contribution < 1.29 is 0 Å². The van der Waals surface area contributed by atoms with Crippen molar-refractivity contribution in [2.75, 3.05) is 0 Å². The van der Waals surface area contributed by atoms with E-state index in [0.717, 1.165) is 33.2 Å². The molecule has 0 bridgehead atoms. The van der Waals surface area contributed by atoms with Crippen LogP contribution >= 0.6 is 0 Å². The first-order valence-electron chi connectivity index (χ1n) is 17.7. The Balaban J connectivity index is 1.38. The standard InChI is InChI=1S/C47H30N4/c1-47(2)33-21-9-6-17-30(33)40-34(47)26-39-43-41(40)32-20-12-19-29-28-16-8-11-23-36(28)50(45(29)32)37-24-13-25-38(42(37)43)51(39)46-48-35-22-10-7-18-31(35)44(49-46)27-14-4-3-5-15-27/h3-26H,1-2H3. The van der Waals surface area contributed by atoms with Crippen LogP contribution in [-0.4, -0.2) is 18.9 Å². The Hall–Kier alpha value is -6.52. The lowest BCUT2D eigenvalue weighted by Crippen LogP contribution is -2.15. The van der Waals surface area contributed by atoms with Gasteiger partial charge >= 0.3 is 0 Å². The maximum atomic E-state index is 5.45. The van der Waals surface area contributed by atoms with Gasteiger partial charge in [-0.2, -0.15) is 0 Å². The van der Waals surface area contributed by atoms with Gasteiger partial charge in [-0.15, -0.1) is 0 Å². The van der Waals surface area contributed by atoms with Crippen molar-refractivity contribution in [3.8, 4) is 28.3 Å². The van der Waals surface area contributed by atoms with Gasteiger partial charge in [-0.05, 0) is 52.6 Å². The van der Waals surface area contributed by atoms with E-state index in [-0.39, 0.29) is 5.41 Å². The highest BCUT2D eigenvalue weighted by molar-refractivity contribution is 6.34. The summed E-state index contributed by atoms with van der Waals surface area (Å²) in [6, 6.07) is 52.9. The Morgan fingerprint density at radius 1 is 0.490 bits per heavy atom. The third kappa shape index (κ3) is 3.30. The smallest absolute Gasteiger partial charge is 0.235 e. The van der Waals surface area contributed by atoms with E-state index in [4.69, 9.17) is 9.97 Å². The average Bonchev–Trinajstić information content (AvgIpc) is 3.74. The molecule has 4 nitrogen and oxygen atoms in total. The van der Waals surface area contributed by atoms with Gasteiger partial charge in [0.1, 0.15) is 0 Å². The summed E-state index contributed by atoms with van der Waals surface area (Å²) in [6.07, 6.45) is 0. The average molecular weight is 651 g/mol. The summed E-state index contributed by atoms with van der Waals surface area (Å²) >= 11 is 0. The fourth-order valence-electron chi connectivity index (χ4n) is 9.48. The summed E-state index contributed by atoms with van der Waals surface area (Å²) in [7, 11) is 0. The highest BCUT2D eigenvalue weighted by Crippen LogP contribution is 2.56. The van der Waals surface area contributed by atoms with Gasteiger partial charge in [-0.3, -0.25) is 4.57 Å². The second-order valence-corrected chi connectivity index (χ2v) is 14.6. The van der Waals surface area contributed by atoms with E-state index in [9.17, 15) is 0 Å². The van der Waals surface area contributed by atoms with E-state index >= 15 is 0 Å². The van der Waals surface area contributed by atoms with E-state index in [2.05, 4.69) is 168 Å². The minimum Gasteiger partial charge on any atom is -0.308 e. The fraction of sp³-hybridized carbons (Fsp3) is 0.0638. The van der Waals surface area contributed by atoms with Crippen LogP contribution in [0.1, 0.15) is 25.0 Å². The first kappa shape index (κ1) is 27.3. The van der Waals surface area contributed by atoms with Crippen LogP contribution in [0.15, 0.2) is 146 Å². The molecule has 0 fully saturated rings. The molecule has 0 saturated heterocycles. The van der Waals surface area contributed by atoms with Crippen LogP contribution in [0, 0.1) is 0 Å². The van der Waals surface area contributed by atoms with Crippen LogP contribution in [-0.2, 0) is 5.41 Å². The maximum absolute atomic E-state index is 5.45. The fourth-order valence-corrected chi connectivity index (χ4v) is 9.48. The lowest BCUT2D eigenvalue weighted by Gasteiger charge is -2.22. The molecule has 0 N–H and O–H groups in total. The molecule has 4 heterocycles. The van der Waals surface area contributed by atoms with Crippen molar-refractivity contribution in [1.82, 2.24) is 18.9 Å². The summed E-state index contributed by atoms with van der Waals surface area (Å²) in [5.74, 6) is 0.681. The third-order valence-corrected chi connectivity index (χ3v) is 11.6. The summed E-state index contributed by atoms with van der Waals surface area (Å²) in [5.41, 5.74) is 14.0. The van der Waals surface area contributed by atoms with E-state index < -0.39 is 0 Å². The first-order valence-corrected chi connectivity index (χ1v) is 17.7. The zero-order chi connectivity index (χ0) is 33.6. The molecule has 1 aliphatic carbocycles. The molecule has 0 spiro atoms. The van der Waals surface area contributed by atoms with Crippen molar-refractivity contribution in [2.24, 2.45) is 0 Å². The van der Waals surface area contributed by atoms with Crippen LogP contribution in [0.2, 0.25) is 0 Å². The lowest BCUT2D eigenvalue weighted by atomic mass is 9.82. The molecule has 11 aromatic rings. The molecule has 4 aromatic heterocycles. The monoisotopic (exact) mass is 650 g/mol. The maximum Gasteiger partial charge on any atom is 0.235 e. The second-order valence-electron chi connectivity index (χ2n) is 14.6. The highest BCUT2D eigenvalue weighted by Gasteiger charge is 2.38. The molecule has 51 heavy (non-hydrogen) atoms. The molecule has 12 rings (SSSR count). The molecule has 0 saturated carbocycles. The number of hydrogen-bond donors (Lipinski definition) is 0. The van der Waals surface area contributed by atoms with Gasteiger partial charge in [-0.1, -0.05) is 129 Å². The quantitative estimate of drug-likeness (QED) is 0.187. The lowest BCUT2D eigenvalue weighted by molar-refractivity contribution is 0.661. The van der Waals surface area contributed by atoms with Gasteiger partial charge < -0.3 is 4.40 Å². The van der Waals surface area contributed by atoms with Crippen LogP contribution in [0.3, 0.4) is 0 Å². The summed E-state index contributed by atoms with van der Waals surface area (Å²) in [4.78, 5) is 10.8. The molecule has 238 valence electrons. The predicted molar refractivity (Wildman–Crippen MR) is 212 cm³/mol. The topological polar surface area (TPSA) is 35.1 Å². The van der Waals surface area contributed by atoms with Crippen molar-refractivity contribution >= 4 is 70.8 Å². The van der Waals surface area contributed by atoms with Gasteiger partial charge in [0.15, 0.2) is 0 Å². The molecule has 0 unspecified atom stereocenters. The molecule has 0 atom stereocenters. The van der Waals surface area contributed by atoms with Crippen LogP contribution < -0.4 is 0 Å². The largest absolute Gasteiger partial charge is 0.308 e. The zero-order valence-corrected chi connectivity index (χ0v) is 28.1. The van der Waals surface area contributed by atoms with E-state index in [1.165, 1.54) is 71.1 Å². The zero-order valence-electron chi connectivity index (χ0n) is 28.1. The van der Waals surface area contributed by atoms with Gasteiger partial charge in [-0.25, -0.2) is 9.97 Å². The minimum absolute atomic E-state index is 0.201. The molecule has 7 aromatic carbocycles. The van der Waals surface area contributed by atoms with Crippen LogP contribution in [0.5, 0.6) is 0 Å². The Morgan fingerprint density at radius 2 is 1.18 bits per heavy atom. The number of rotatable bonds is 2. The molecule has 0 aliphatic heterocycles. The van der Waals surface area contributed by atoms with E-state index in [1.807, 2.05) is 0 Å². The van der Waals surface area contributed by atoms with Crippen LogP contribution in [0.25, 0.3) is 99.1 Å². The SMILES string of the molecule is CC1(C)c2ccccc2-c2c1cc1c3c2c2cccc4c5ccccc5n(c5cccc(c35)n1-c1nc(-c3ccccc3)c3ccccc3n1)c42. The van der Waals surface area contributed by atoms with Crippen molar-refractivity contribution in [1.29, 1.82) is 0 Å². The van der Waals surface area contributed by atoms with Crippen molar-refractivity contribution in [3.63, 3.8) is 0 Å². The van der Waals surface area contributed by atoms with Crippen molar-refractivity contribution in [2.45, 2.75) is 19.3 Å². The highest BCUT2D eigenvalue weighted by atomic mass is 15.2. The Labute approximate surface area is 293 Å². The molecule has 1 aliphatic rings. The molecular weight excluding hydrogens is 621 g/mol.